The van der Waals surface area contributed by atoms with Gasteiger partial charge in [-0.15, -0.1) is 0 Å². The van der Waals surface area contributed by atoms with Crippen LogP contribution in [0.3, 0.4) is 0 Å². The number of rotatable bonds is 5. The van der Waals surface area contributed by atoms with E-state index in [-0.39, 0.29) is 10.9 Å². The van der Waals surface area contributed by atoms with Crippen LogP contribution >= 0.6 is 31.9 Å². The first kappa shape index (κ1) is 16.4. The largest absolute Gasteiger partial charge is 0.302 e. The molecule has 0 saturated carbocycles. The van der Waals surface area contributed by atoms with Crippen molar-refractivity contribution in [1.82, 2.24) is 9.62 Å². The third kappa shape index (κ3) is 4.27. The highest BCUT2D eigenvalue weighted by molar-refractivity contribution is 9.11. The Morgan fingerprint density at radius 3 is 2.55 bits per heavy atom. The van der Waals surface area contributed by atoms with Gasteiger partial charge in [-0.3, -0.25) is 0 Å². The van der Waals surface area contributed by atoms with Gasteiger partial charge in [-0.25, -0.2) is 13.1 Å². The average molecular weight is 426 g/mol. The molecule has 1 saturated heterocycles. The number of nitrogens with one attached hydrogen (secondary N) is 1. The number of halogens is 2. The second-order valence-corrected chi connectivity index (χ2v) is 8.56. The van der Waals surface area contributed by atoms with Gasteiger partial charge in [0.05, 0.1) is 4.90 Å². The lowest BCUT2D eigenvalue weighted by atomic mass is 10.3. The maximum absolute atomic E-state index is 12.4. The molecular weight excluding hydrogens is 408 g/mol. The molecule has 0 radical (unpaired) electrons. The molecule has 0 amide bonds. The molecule has 1 aliphatic rings. The summed E-state index contributed by atoms with van der Waals surface area (Å²) in [4.78, 5) is 2.57. The van der Waals surface area contributed by atoms with Crippen LogP contribution in [0, 0.1) is 0 Å². The van der Waals surface area contributed by atoms with Gasteiger partial charge in [0, 0.05) is 21.5 Å². The topological polar surface area (TPSA) is 49.4 Å². The Kier molecular flexibility index (Phi) is 5.64. The zero-order chi connectivity index (χ0) is 14.8. The van der Waals surface area contributed by atoms with E-state index in [2.05, 4.69) is 41.5 Å². The molecule has 1 aromatic carbocycles. The van der Waals surface area contributed by atoms with Crippen LogP contribution in [-0.2, 0) is 10.0 Å². The molecular formula is C13H18Br2N2O2S. The third-order valence-corrected chi connectivity index (χ3v) is 6.33. The summed E-state index contributed by atoms with van der Waals surface area (Å²) in [6.45, 7) is 4.79. The Morgan fingerprint density at radius 2 is 1.95 bits per heavy atom. The predicted molar refractivity (Wildman–Crippen MR) is 87.3 cm³/mol. The van der Waals surface area contributed by atoms with Crippen LogP contribution < -0.4 is 4.72 Å². The van der Waals surface area contributed by atoms with E-state index in [0.29, 0.717) is 4.47 Å². The fraction of sp³-hybridized carbons (Fsp3) is 0.538. The van der Waals surface area contributed by atoms with Gasteiger partial charge in [0.25, 0.3) is 0 Å². The van der Waals surface area contributed by atoms with Gasteiger partial charge in [0.1, 0.15) is 0 Å². The third-order valence-electron chi connectivity index (χ3n) is 3.27. The van der Waals surface area contributed by atoms with Crippen molar-refractivity contribution in [1.29, 1.82) is 0 Å². The van der Waals surface area contributed by atoms with E-state index in [1.807, 2.05) is 6.92 Å². The van der Waals surface area contributed by atoms with Crippen LogP contribution in [0.1, 0.15) is 19.8 Å². The summed E-state index contributed by atoms with van der Waals surface area (Å²) < 4.78 is 28.9. The van der Waals surface area contributed by atoms with Gasteiger partial charge in [-0.05, 0) is 67.0 Å². The highest BCUT2D eigenvalue weighted by Gasteiger charge is 2.22. The van der Waals surface area contributed by atoms with E-state index in [4.69, 9.17) is 0 Å². The number of likely N-dealkylation sites (tertiary alicyclic amines) is 1. The zero-order valence-electron chi connectivity index (χ0n) is 11.3. The van der Waals surface area contributed by atoms with Crippen molar-refractivity contribution < 1.29 is 8.42 Å². The average Bonchev–Trinajstić information content (AvgIpc) is 2.79. The van der Waals surface area contributed by atoms with Crippen molar-refractivity contribution >= 4 is 41.9 Å². The number of hydrogen-bond donors (Lipinski definition) is 1. The molecule has 20 heavy (non-hydrogen) atoms. The van der Waals surface area contributed by atoms with Crippen LogP contribution in [0.2, 0.25) is 0 Å². The van der Waals surface area contributed by atoms with E-state index < -0.39 is 10.0 Å². The zero-order valence-corrected chi connectivity index (χ0v) is 15.3. The normalized spacial score (nSPS) is 18.4. The fourth-order valence-corrected chi connectivity index (χ4v) is 5.39. The molecule has 0 bridgehead atoms. The van der Waals surface area contributed by atoms with Crippen molar-refractivity contribution in [3.05, 3.63) is 27.1 Å². The molecule has 112 valence electrons. The minimum Gasteiger partial charge on any atom is -0.302 e. The van der Waals surface area contributed by atoms with Gasteiger partial charge in [-0.2, -0.15) is 0 Å². The van der Waals surface area contributed by atoms with E-state index in [9.17, 15) is 8.42 Å². The lowest BCUT2D eigenvalue weighted by Crippen LogP contribution is -2.41. The molecule has 0 aliphatic carbocycles. The molecule has 1 fully saturated rings. The van der Waals surface area contributed by atoms with Gasteiger partial charge < -0.3 is 4.90 Å². The van der Waals surface area contributed by atoms with Crippen LogP contribution in [-0.4, -0.2) is 39.0 Å². The summed E-state index contributed by atoms with van der Waals surface area (Å²) in [5, 5.41) is 0. The number of hydrogen-bond acceptors (Lipinski definition) is 3. The minimum absolute atomic E-state index is 0.103. The molecule has 1 heterocycles. The second kappa shape index (κ2) is 6.87. The lowest BCUT2D eigenvalue weighted by Gasteiger charge is -2.21. The smallest absolute Gasteiger partial charge is 0.241 e. The van der Waals surface area contributed by atoms with E-state index in [1.165, 1.54) is 12.8 Å². The highest BCUT2D eigenvalue weighted by Crippen LogP contribution is 2.25. The maximum Gasteiger partial charge on any atom is 0.241 e. The Labute approximate surface area is 137 Å². The van der Waals surface area contributed by atoms with Crippen LogP contribution in [0.25, 0.3) is 0 Å². The molecule has 7 heteroatoms. The van der Waals surface area contributed by atoms with Crippen molar-refractivity contribution in [3.8, 4) is 0 Å². The standard InChI is InChI=1S/C13H18Br2N2O2S/c1-10(9-17-6-2-3-7-17)16-20(18,19)13-5-4-11(14)8-12(13)15/h4-5,8,10,16H,2-3,6-7,9H2,1H3. The molecule has 0 spiro atoms. The summed E-state index contributed by atoms with van der Waals surface area (Å²) in [5.74, 6) is 0. The molecule has 1 aromatic rings. The molecule has 1 unspecified atom stereocenters. The molecule has 1 atom stereocenters. The van der Waals surface area contributed by atoms with E-state index in [1.54, 1.807) is 18.2 Å². The summed E-state index contributed by atoms with van der Waals surface area (Å²) >= 11 is 6.62. The molecule has 0 aromatic heterocycles. The first-order valence-corrected chi connectivity index (χ1v) is 9.65. The van der Waals surface area contributed by atoms with Gasteiger partial charge >= 0.3 is 0 Å². The summed E-state index contributed by atoms with van der Waals surface area (Å²) in [7, 11) is -3.49. The highest BCUT2D eigenvalue weighted by atomic mass is 79.9. The quantitative estimate of drug-likeness (QED) is 0.788. The summed E-state index contributed by atoms with van der Waals surface area (Å²) in [5.41, 5.74) is 0. The van der Waals surface area contributed by atoms with Crippen molar-refractivity contribution in [2.75, 3.05) is 19.6 Å². The Morgan fingerprint density at radius 1 is 1.30 bits per heavy atom. The van der Waals surface area contributed by atoms with Crippen LogP contribution in [0.4, 0.5) is 0 Å². The number of benzene rings is 1. The Balaban J connectivity index is 2.06. The van der Waals surface area contributed by atoms with Gasteiger partial charge in [0.2, 0.25) is 10.0 Å². The fourth-order valence-electron chi connectivity index (χ4n) is 2.41. The van der Waals surface area contributed by atoms with Crippen molar-refractivity contribution in [2.24, 2.45) is 0 Å². The predicted octanol–water partition coefficient (Wildman–Crippen LogP) is 2.97. The second-order valence-electron chi connectivity index (χ2n) is 5.10. The summed E-state index contributed by atoms with van der Waals surface area (Å²) in [6, 6.07) is 4.96. The van der Waals surface area contributed by atoms with E-state index in [0.717, 1.165) is 24.1 Å². The van der Waals surface area contributed by atoms with Crippen LogP contribution in [0.5, 0.6) is 0 Å². The van der Waals surface area contributed by atoms with Gasteiger partial charge in [-0.1, -0.05) is 15.9 Å². The molecule has 4 nitrogen and oxygen atoms in total. The van der Waals surface area contributed by atoms with Crippen molar-refractivity contribution in [2.45, 2.75) is 30.7 Å². The minimum atomic E-state index is -3.49. The van der Waals surface area contributed by atoms with Gasteiger partial charge in [0.15, 0.2) is 0 Å². The molecule has 2 rings (SSSR count). The number of sulfonamides is 1. The van der Waals surface area contributed by atoms with Crippen LogP contribution in [0.15, 0.2) is 32.0 Å². The summed E-state index contributed by atoms with van der Waals surface area (Å²) in [6.07, 6.45) is 2.41. The van der Waals surface area contributed by atoms with Crippen molar-refractivity contribution in [3.63, 3.8) is 0 Å². The monoisotopic (exact) mass is 424 g/mol. The lowest BCUT2D eigenvalue weighted by molar-refractivity contribution is 0.312. The maximum atomic E-state index is 12.4. The molecule has 1 N–H and O–H groups in total. The number of nitrogens with zero attached hydrogens (tertiary/aromatic N) is 1. The first-order chi connectivity index (χ1) is 9.38. The van der Waals surface area contributed by atoms with E-state index >= 15 is 0 Å². The molecule has 1 aliphatic heterocycles. The Hall–Kier alpha value is 0.0500. The SMILES string of the molecule is CC(CN1CCCC1)NS(=O)(=O)c1ccc(Br)cc1Br. The Bertz CT molecular complexity index is 572. The first-order valence-electron chi connectivity index (χ1n) is 6.58.